The van der Waals surface area contributed by atoms with Gasteiger partial charge in [0.25, 0.3) is 0 Å². The molecule has 0 saturated carbocycles. The second-order valence-electron chi connectivity index (χ2n) is 10.4. The van der Waals surface area contributed by atoms with Crippen molar-refractivity contribution < 1.29 is 13.9 Å². The van der Waals surface area contributed by atoms with E-state index in [1.54, 1.807) is 18.6 Å². The molecule has 0 aliphatic heterocycles. The summed E-state index contributed by atoms with van der Waals surface area (Å²) in [5.41, 5.74) is 11.8. The molecule has 0 aliphatic carbocycles. The number of allylic oxidation sites excluding steroid dienone is 1. The number of carbonyl (C=O) groups is 1. The minimum absolute atomic E-state index is 0.154. The van der Waals surface area contributed by atoms with Crippen LogP contribution in [-0.2, 0) is 11.2 Å². The Labute approximate surface area is 240 Å². The number of halogens is 1. The molecule has 4 rings (SSSR count). The van der Waals surface area contributed by atoms with Crippen LogP contribution >= 0.6 is 0 Å². The number of hydrogen-bond donors (Lipinski definition) is 2. The fourth-order valence-corrected chi connectivity index (χ4v) is 4.06. The van der Waals surface area contributed by atoms with E-state index in [1.165, 1.54) is 18.5 Å². The van der Waals surface area contributed by atoms with Gasteiger partial charge in [0.2, 0.25) is 6.41 Å². The van der Waals surface area contributed by atoms with Crippen LogP contribution in [0.15, 0.2) is 65.8 Å². The number of fused-ring (bicyclic) bond motifs is 1. The van der Waals surface area contributed by atoms with Crippen molar-refractivity contribution in [3.05, 3.63) is 89.2 Å². The number of aryl methyl sites for hydroxylation is 4. The summed E-state index contributed by atoms with van der Waals surface area (Å²) in [5, 5.41) is 3.26. The molecule has 1 amide bonds. The van der Waals surface area contributed by atoms with Crippen LogP contribution in [-0.4, -0.2) is 33.1 Å². The maximum atomic E-state index is 14.3. The number of nitrogens with two attached hydrogens (primary N) is 1. The van der Waals surface area contributed by atoms with Crippen LogP contribution in [0.2, 0.25) is 0 Å². The summed E-state index contributed by atoms with van der Waals surface area (Å²) in [6, 6.07) is 11.1. The minimum Gasteiger partial charge on any atom is -0.456 e. The van der Waals surface area contributed by atoms with Crippen molar-refractivity contribution in [3.8, 4) is 22.6 Å². The predicted molar refractivity (Wildman–Crippen MR) is 163 cm³/mol. The van der Waals surface area contributed by atoms with Crippen molar-refractivity contribution >= 4 is 23.5 Å². The molecular formula is C32H37FN6O2. The number of nitrogens with zero attached hydrogens (tertiary/aromatic N) is 4. The summed E-state index contributed by atoms with van der Waals surface area (Å²) in [5.74, 6) is 0.892. The van der Waals surface area contributed by atoms with Gasteiger partial charge in [-0.3, -0.25) is 14.8 Å². The Bertz CT molecular complexity index is 1570. The van der Waals surface area contributed by atoms with E-state index in [-0.39, 0.29) is 11.4 Å². The van der Waals surface area contributed by atoms with Gasteiger partial charge in [-0.15, -0.1) is 0 Å². The molecule has 0 fully saturated rings. The summed E-state index contributed by atoms with van der Waals surface area (Å²) >= 11 is 0. The lowest BCUT2D eigenvalue weighted by molar-refractivity contribution is -0.108. The summed E-state index contributed by atoms with van der Waals surface area (Å²) in [4.78, 5) is 27.3. The van der Waals surface area contributed by atoms with Crippen LogP contribution in [0.25, 0.3) is 22.0 Å². The molecule has 0 saturated heterocycles. The molecule has 0 spiro atoms. The van der Waals surface area contributed by atoms with Crippen LogP contribution in [0.1, 0.15) is 50.2 Å². The fourth-order valence-electron chi connectivity index (χ4n) is 4.06. The molecule has 0 radical (unpaired) electrons. The molecule has 41 heavy (non-hydrogen) atoms. The summed E-state index contributed by atoms with van der Waals surface area (Å²) in [6.45, 7) is 13.7. The van der Waals surface area contributed by atoms with E-state index in [2.05, 4.69) is 25.3 Å². The second-order valence-corrected chi connectivity index (χ2v) is 10.4. The lowest BCUT2D eigenvalue weighted by atomic mass is 10.0. The van der Waals surface area contributed by atoms with Gasteiger partial charge in [-0.2, -0.15) is 0 Å². The topological polar surface area (TPSA) is 115 Å². The Morgan fingerprint density at radius 3 is 2.37 bits per heavy atom. The zero-order valence-electron chi connectivity index (χ0n) is 24.6. The van der Waals surface area contributed by atoms with E-state index in [9.17, 15) is 9.18 Å². The number of hydrogen-bond acceptors (Lipinski definition) is 7. The van der Waals surface area contributed by atoms with Crippen LogP contribution in [0, 0.1) is 26.6 Å². The van der Waals surface area contributed by atoms with Gasteiger partial charge in [0.1, 0.15) is 23.6 Å². The SMILES string of the molecule is CC(C)(C)N=C/C(=C\N)NC=O.CCc1cc(C)c(Oc2ccnc3ccc(-c4c(C)ncnc4C)cc23)cc1F. The number of amides is 1. The molecule has 8 nitrogen and oxygen atoms in total. The minimum atomic E-state index is -0.250. The van der Waals surface area contributed by atoms with E-state index >= 15 is 0 Å². The van der Waals surface area contributed by atoms with Crippen molar-refractivity contribution in [2.45, 2.75) is 60.4 Å². The van der Waals surface area contributed by atoms with Gasteiger partial charge >= 0.3 is 0 Å². The third-order valence-corrected chi connectivity index (χ3v) is 6.16. The number of aliphatic imine (C=N–C) groups is 1. The van der Waals surface area contributed by atoms with E-state index in [4.69, 9.17) is 10.5 Å². The van der Waals surface area contributed by atoms with E-state index in [0.29, 0.717) is 35.6 Å². The first kappa shape index (κ1) is 30.9. The van der Waals surface area contributed by atoms with Crippen LogP contribution in [0.3, 0.4) is 0 Å². The quantitative estimate of drug-likeness (QED) is 0.198. The number of pyridine rings is 1. The predicted octanol–water partition coefficient (Wildman–Crippen LogP) is 6.51. The van der Waals surface area contributed by atoms with E-state index in [0.717, 1.165) is 39.0 Å². The van der Waals surface area contributed by atoms with Crippen LogP contribution in [0.4, 0.5) is 4.39 Å². The lowest BCUT2D eigenvalue weighted by Gasteiger charge is -2.14. The molecule has 0 unspecified atom stereocenters. The molecule has 2 aromatic heterocycles. The van der Waals surface area contributed by atoms with Gasteiger partial charge in [-0.25, -0.2) is 14.4 Å². The van der Waals surface area contributed by atoms with E-state index < -0.39 is 0 Å². The molecule has 4 aromatic rings. The zero-order valence-corrected chi connectivity index (χ0v) is 24.6. The van der Waals surface area contributed by atoms with Gasteiger partial charge in [-0.1, -0.05) is 13.0 Å². The third-order valence-electron chi connectivity index (χ3n) is 6.16. The molecule has 3 N–H and O–H groups in total. The summed E-state index contributed by atoms with van der Waals surface area (Å²) < 4.78 is 20.5. The molecule has 214 valence electrons. The Morgan fingerprint density at radius 2 is 1.76 bits per heavy atom. The van der Waals surface area contributed by atoms with Gasteiger partial charge in [0.15, 0.2) is 0 Å². The molecule has 2 heterocycles. The number of rotatable bonds is 7. The first-order valence-electron chi connectivity index (χ1n) is 13.3. The third kappa shape index (κ3) is 8.17. The average Bonchev–Trinajstić information content (AvgIpc) is 2.93. The van der Waals surface area contributed by atoms with E-state index in [1.807, 2.05) is 72.7 Å². The highest BCUT2D eigenvalue weighted by Gasteiger charge is 2.13. The van der Waals surface area contributed by atoms with Gasteiger partial charge in [0, 0.05) is 47.0 Å². The number of carbonyl (C=O) groups excluding carboxylic acids is 1. The van der Waals surface area contributed by atoms with Crippen molar-refractivity contribution in [3.63, 3.8) is 0 Å². The summed E-state index contributed by atoms with van der Waals surface area (Å²) in [7, 11) is 0. The highest BCUT2D eigenvalue weighted by Crippen LogP contribution is 2.35. The van der Waals surface area contributed by atoms with Crippen molar-refractivity contribution in [1.82, 2.24) is 20.3 Å². The standard InChI is InChI=1S/C24H22FN3O.C8H15N3O/c1-5-17-10-14(2)23(12-20(17)25)29-22-8-9-26-21-7-6-18(11-19(21)22)24-15(3)27-13-28-16(24)4;1-8(2,3)11-5-7(4-9)10-6-12/h6-13H,5H2,1-4H3;4-6H,9H2,1-3H3,(H,10,12)/b;7-4+,11-5?. The molecule has 0 bridgehead atoms. The monoisotopic (exact) mass is 556 g/mol. The van der Waals surface area contributed by atoms with Gasteiger partial charge in [0.05, 0.1) is 16.8 Å². The highest BCUT2D eigenvalue weighted by atomic mass is 19.1. The van der Waals surface area contributed by atoms with Crippen molar-refractivity contribution in [1.29, 1.82) is 0 Å². The first-order chi connectivity index (χ1) is 19.5. The molecular weight excluding hydrogens is 519 g/mol. The lowest BCUT2D eigenvalue weighted by Crippen LogP contribution is -2.16. The van der Waals surface area contributed by atoms with Crippen LogP contribution in [0.5, 0.6) is 11.5 Å². The number of nitrogens with one attached hydrogen (secondary N) is 1. The number of aromatic nitrogens is 3. The Morgan fingerprint density at radius 1 is 1.05 bits per heavy atom. The Hall–Kier alpha value is -4.66. The zero-order chi connectivity index (χ0) is 30.2. The van der Waals surface area contributed by atoms with Gasteiger partial charge < -0.3 is 15.8 Å². The maximum absolute atomic E-state index is 14.3. The number of ether oxygens (including phenoxy) is 1. The largest absolute Gasteiger partial charge is 0.456 e. The first-order valence-corrected chi connectivity index (χ1v) is 13.3. The molecule has 2 aromatic carbocycles. The second kappa shape index (κ2) is 13.6. The van der Waals surface area contributed by atoms with Crippen molar-refractivity contribution in [2.75, 3.05) is 0 Å². The Kier molecular flexibility index (Phi) is 10.2. The molecule has 0 atom stereocenters. The van der Waals surface area contributed by atoms with Crippen LogP contribution < -0.4 is 15.8 Å². The molecule has 9 heteroatoms. The van der Waals surface area contributed by atoms with Crippen molar-refractivity contribution in [2.24, 2.45) is 10.7 Å². The smallest absolute Gasteiger partial charge is 0.211 e. The maximum Gasteiger partial charge on any atom is 0.211 e. The molecule has 0 aliphatic rings. The fraction of sp³-hybridized carbons (Fsp3) is 0.281. The number of benzene rings is 2. The average molecular weight is 557 g/mol. The summed E-state index contributed by atoms with van der Waals surface area (Å²) in [6.07, 6.45) is 7.31. The normalized spacial score (nSPS) is 11.8. The highest BCUT2D eigenvalue weighted by molar-refractivity contribution is 5.90. The van der Waals surface area contributed by atoms with Gasteiger partial charge in [-0.05, 0) is 88.9 Å². The Balaban J connectivity index is 0.000000327.